The maximum atomic E-state index is 13.1. The van der Waals surface area contributed by atoms with Crippen LogP contribution in [0.5, 0.6) is 11.5 Å². The summed E-state index contributed by atoms with van der Waals surface area (Å²) in [7, 11) is 1.55. The van der Waals surface area contributed by atoms with E-state index in [2.05, 4.69) is 0 Å². The van der Waals surface area contributed by atoms with Crippen LogP contribution in [0.25, 0.3) is 22.1 Å². The molecule has 40 heavy (non-hydrogen) atoms. The lowest BCUT2D eigenvalue weighted by Crippen LogP contribution is -2.60. The molecule has 2 aromatic carbocycles. The van der Waals surface area contributed by atoms with Crippen LogP contribution >= 0.6 is 0 Å². The van der Waals surface area contributed by atoms with Crippen molar-refractivity contribution in [2.24, 2.45) is 0 Å². The summed E-state index contributed by atoms with van der Waals surface area (Å²) in [6.45, 7) is -1.56. The molecule has 0 radical (unpaired) electrons. The summed E-state index contributed by atoms with van der Waals surface area (Å²) in [4.78, 5) is 13.1. The van der Waals surface area contributed by atoms with Gasteiger partial charge in [-0.2, -0.15) is 0 Å². The molecule has 216 valence electrons. The molecule has 1 aromatic heterocycles. The summed E-state index contributed by atoms with van der Waals surface area (Å²) in [6, 6.07) is 11.3. The van der Waals surface area contributed by atoms with Gasteiger partial charge in [0.25, 0.3) is 0 Å². The van der Waals surface area contributed by atoms with Crippen LogP contribution in [0.3, 0.4) is 0 Å². The van der Waals surface area contributed by atoms with Crippen molar-refractivity contribution in [1.29, 1.82) is 0 Å². The van der Waals surface area contributed by atoms with E-state index in [1.54, 1.807) is 31.4 Å². The lowest BCUT2D eigenvalue weighted by molar-refractivity contribution is -0.289. The first-order valence-electron chi connectivity index (χ1n) is 12.5. The first kappa shape index (κ1) is 28.4. The lowest BCUT2D eigenvalue weighted by atomic mass is 9.99. The van der Waals surface area contributed by atoms with Crippen molar-refractivity contribution in [2.75, 3.05) is 26.9 Å². The van der Waals surface area contributed by atoms with E-state index in [1.165, 1.54) is 24.5 Å². The number of methoxy groups -OCH3 is 1. The Labute approximate surface area is 227 Å². The molecule has 0 saturated carbocycles. The van der Waals surface area contributed by atoms with E-state index >= 15 is 0 Å². The Morgan fingerprint density at radius 2 is 1.70 bits per heavy atom. The summed E-state index contributed by atoms with van der Waals surface area (Å²) in [5, 5.41) is 61.0. The molecule has 13 heteroatoms. The molecule has 0 spiro atoms. The van der Waals surface area contributed by atoms with E-state index in [9.17, 15) is 35.4 Å². The molecule has 0 amide bonds. The highest BCUT2D eigenvalue weighted by atomic mass is 16.7. The molecule has 3 heterocycles. The van der Waals surface area contributed by atoms with Crippen molar-refractivity contribution >= 4 is 11.0 Å². The third-order valence-corrected chi connectivity index (χ3v) is 7.07. The number of aliphatic hydroxyl groups is 6. The largest absolute Gasteiger partial charge is 0.497 e. The van der Waals surface area contributed by atoms with Crippen LogP contribution in [0.2, 0.25) is 0 Å². The maximum Gasteiger partial charge on any atom is 0.229 e. The Morgan fingerprint density at radius 3 is 2.38 bits per heavy atom. The van der Waals surface area contributed by atoms with Crippen LogP contribution in [0.1, 0.15) is 0 Å². The van der Waals surface area contributed by atoms with Gasteiger partial charge in [-0.05, 0) is 29.8 Å². The normalized spacial score (nSPS) is 32.3. The predicted molar refractivity (Wildman–Crippen MR) is 136 cm³/mol. The van der Waals surface area contributed by atoms with E-state index < -0.39 is 61.9 Å². The number of fused-ring (bicyclic) bond motifs is 1. The zero-order chi connectivity index (χ0) is 28.6. The van der Waals surface area contributed by atoms with Gasteiger partial charge >= 0.3 is 0 Å². The molecule has 2 saturated heterocycles. The molecule has 2 aliphatic heterocycles. The lowest BCUT2D eigenvalue weighted by Gasteiger charge is -2.40. The van der Waals surface area contributed by atoms with Gasteiger partial charge in [-0.25, -0.2) is 0 Å². The monoisotopic (exact) mass is 562 g/mol. The number of rotatable bonds is 8. The van der Waals surface area contributed by atoms with E-state index in [-0.39, 0.29) is 28.8 Å². The van der Waals surface area contributed by atoms with Crippen LogP contribution in [0, 0.1) is 0 Å². The fourth-order valence-electron chi connectivity index (χ4n) is 4.56. The van der Waals surface area contributed by atoms with Gasteiger partial charge in [-0.15, -0.1) is 0 Å². The Morgan fingerprint density at radius 1 is 0.975 bits per heavy atom. The van der Waals surface area contributed by atoms with Gasteiger partial charge in [0.15, 0.2) is 11.7 Å². The summed E-state index contributed by atoms with van der Waals surface area (Å²) in [6.07, 6.45) is -9.18. The third-order valence-electron chi connectivity index (χ3n) is 7.07. The molecule has 13 nitrogen and oxygen atoms in total. The summed E-state index contributed by atoms with van der Waals surface area (Å²) >= 11 is 0. The van der Waals surface area contributed by atoms with Gasteiger partial charge in [0.1, 0.15) is 59.5 Å². The molecule has 5 rings (SSSR count). The Bertz CT molecular complexity index is 1380. The number of hydrogen-bond donors (Lipinski definition) is 6. The second-order valence-corrected chi connectivity index (χ2v) is 9.72. The molecule has 2 aliphatic rings. The van der Waals surface area contributed by atoms with Gasteiger partial charge in [-0.3, -0.25) is 4.79 Å². The van der Waals surface area contributed by atoms with E-state index in [4.69, 9.17) is 28.1 Å². The molecular formula is C27H30O13. The highest BCUT2D eigenvalue weighted by Gasteiger charge is 2.50. The van der Waals surface area contributed by atoms with Crippen molar-refractivity contribution < 1.29 is 58.7 Å². The topological polar surface area (TPSA) is 198 Å². The van der Waals surface area contributed by atoms with Crippen LogP contribution in [0.4, 0.5) is 0 Å². The standard InChI is InChI=1S/C27H30O13/c1-35-14-4-2-13(3-5-14)17-9-36-18-8-15(6-7-16(18)20(17)29)39-25-23(32)22(31)21(30)19(40-25)10-37-26-24(33)27(34,11-28)12-38-26/h2-9,19,21-26,28,30-34H,10-12H2,1H3/t19-,21+,22-,23-,24+,25+,26-,27-/m1/s1. The second kappa shape index (κ2) is 11.4. The number of hydrogen-bond acceptors (Lipinski definition) is 13. The van der Waals surface area contributed by atoms with Crippen LogP contribution < -0.4 is 14.9 Å². The van der Waals surface area contributed by atoms with Crippen molar-refractivity contribution in [3.8, 4) is 22.6 Å². The minimum atomic E-state index is -1.90. The zero-order valence-electron chi connectivity index (χ0n) is 21.3. The minimum absolute atomic E-state index is 0.141. The van der Waals surface area contributed by atoms with Crippen molar-refractivity contribution in [3.05, 3.63) is 59.0 Å². The van der Waals surface area contributed by atoms with Gasteiger partial charge in [0.05, 0.1) is 37.9 Å². The van der Waals surface area contributed by atoms with Crippen molar-refractivity contribution in [3.63, 3.8) is 0 Å². The maximum absolute atomic E-state index is 13.1. The zero-order valence-corrected chi connectivity index (χ0v) is 21.3. The summed E-state index contributed by atoms with van der Waals surface area (Å²) in [5.74, 6) is 0.787. The quantitative estimate of drug-likeness (QED) is 0.198. The highest BCUT2D eigenvalue weighted by molar-refractivity contribution is 5.82. The Kier molecular flexibility index (Phi) is 8.10. The Balaban J connectivity index is 1.29. The minimum Gasteiger partial charge on any atom is -0.497 e. The Hall–Kier alpha value is -3.11. The fourth-order valence-corrected chi connectivity index (χ4v) is 4.56. The average Bonchev–Trinajstić information content (AvgIpc) is 3.26. The molecule has 8 atom stereocenters. The number of ether oxygens (including phenoxy) is 5. The number of benzene rings is 2. The third kappa shape index (κ3) is 5.31. The first-order chi connectivity index (χ1) is 19.1. The molecular weight excluding hydrogens is 532 g/mol. The van der Waals surface area contributed by atoms with Crippen molar-refractivity contribution in [2.45, 2.75) is 48.7 Å². The van der Waals surface area contributed by atoms with E-state index in [0.717, 1.165) is 0 Å². The molecule has 0 unspecified atom stereocenters. The smallest absolute Gasteiger partial charge is 0.229 e. The van der Waals surface area contributed by atoms with Crippen LogP contribution in [-0.4, -0.2) is 106 Å². The molecule has 6 N–H and O–H groups in total. The summed E-state index contributed by atoms with van der Waals surface area (Å²) < 4.78 is 32.7. The van der Waals surface area contributed by atoms with Crippen molar-refractivity contribution in [1.82, 2.24) is 0 Å². The molecule has 3 aromatic rings. The van der Waals surface area contributed by atoms with E-state index in [1.807, 2.05) is 0 Å². The van der Waals surface area contributed by atoms with Gasteiger partial charge < -0.3 is 58.7 Å². The molecule has 0 bridgehead atoms. The second-order valence-electron chi connectivity index (χ2n) is 9.72. The SMILES string of the molecule is COc1ccc(-c2coc3cc(O[C@H]4O[C@H](CO[C@@H]5OC[C@](O)(CO)[C@H]5O)[C@H](O)[C@@H](O)[C@H]4O)ccc3c2=O)cc1. The van der Waals surface area contributed by atoms with Crippen LogP contribution in [0.15, 0.2) is 57.9 Å². The van der Waals surface area contributed by atoms with Gasteiger partial charge in [-0.1, -0.05) is 12.1 Å². The number of aliphatic hydroxyl groups excluding tert-OH is 5. The highest BCUT2D eigenvalue weighted by Crippen LogP contribution is 2.30. The molecule has 2 fully saturated rings. The molecule has 0 aliphatic carbocycles. The van der Waals surface area contributed by atoms with E-state index in [0.29, 0.717) is 16.9 Å². The van der Waals surface area contributed by atoms with Gasteiger partial charge in [0.2, 0.25) is 6.29 Å². The predicted octanol–water partition coefficient (Wildman–Crippen LogP) is -0.888. The van der Waals surface area contributed by atoms with Crippen LogP contribution in [-0.2, 0) is 14.2 Å². The first-order valence-corrected chi connectivity index (χ1v) is 12.5. The fraction of sp³-hybridized carbons (Fsp3) is 0.444. The van der Waals surface area contributed by atoms with Gasteiger partial charge in [0, 0.05) is 6.07 Å². The summed E-state index contributed by atoms with van der Waals surface area (Å²) in [5.41, 5.74) is -0.976. The average molecular weight is 563 g/mol.